The van der Waals surface area contributed by atoms with E-state index >= 15 is 0 Å². The number of piperidine rings is 1. The van der Waals surface area contributed by atoms with E-state index in [0.717, 1.165) is 49.1 Å². The van der Waals surface area contributed by atoms with Crippen LogP contribution in [0.5, 0.6) is 5.75 Å². The predicted molar refractivity (Wildman–Crippen MR) is 234 cm³/mol. The van der Waals surface area contributed by atoms with Crippen LogP contribution in [0.15, 0.2) is 48.7 Å². The molecule has 1 fully saturated rings. The number of aliphatic carboxylic acids is 1. The van der Waals surface area contributed by atoms with E-state index in [0.29, 0.717) is 51.2 Å². The maximum atomic E-state index is 13.7. The van der Waals surface area contributed by atoms with Gasteiger partial charge in [-0.25, -0.2) is 23.9 Å². The Hall–Kier alpha value is -4.92. The molecule has 1 aromatic heterocycles. The lowest BCUT2D eigenvalue weighted by atomic mass is 10.0. The lowest BCUT2D eigenvalue weighted by molar-refractivity contribution is -0.701. The molecule has 0 radical (unpaired) electrons. The molecule has 2 N–H and O–H groups in total. The molecule has 0 spiro atoms. The number of carbonyl (C=O) groups is 5. The second-order valence-corrected chi connectivity index (χ2v) is 15.9. The van der Waals surface area contributed by atoms with E-state index in [1.54, 1.807) is 29.2 Å². The number of carboxylic acids is 1. The van der Waals surface area contributed by atoms with Crippen molar-refractivity contribution in [3.63, 3.8) is 0 Å². The summed E-state index contributed by atoms with van der Waals surface area (Å²) in [7, 11) is 2.87. The van der Waals surface area contributed by atoms with Crippen molar-refractivity contribution in [3.8, 4) is 5.75 Å². The number of carbonyl (C=O) groups excluding carboxylic acids is 4. The summed E-state index contributed by atoms with van der Waals surface area (Å²) in [5.41, 5.74) is 0.928. The highest BCUT2D eigenvalue weighted by molar-refractivity contribution is 6.04. The molecular weight excluding hydrogens is 797 g/mol. The molecule has 1 saturated heterocycles. The van der Waals surface area contributed by atoms with Crippen LogP contribution in [0, 0.1) is 0 Å². The van der Waals surface area contributed by atoms with Crippen molar-refractivity contribution < 1.29 is 57.3 Å². The first kappa shape index (κ1) is 51.4. The zero-order valence-electron chi connectivity index (χ0n) is 37.5. The molecule has 15 nitrogen and oxygen atoms in total. The fourth-order valence-electron chi connectivity index (χ4n) is 7.41. The molecule has 1 aromatic carbocycles. The average molecular weight is 870 g/mol. The van der Waals surface area contributed by atoms with Crippen molar-refractivity contribution in [1.82, 2.24) is 15.1 Å². The number of unbranched alkanes of at least 4 members (excludes halogenated alkanes) is 15. The van der Waals surface area contributed by atoms with Gasteiger partial charge >= 0.3 is 24.2 Å². The zero-order chi connectivity index (χ0) is 44.8. The normalized spacial score (nSPS) is 13.2. The number of amides is 4. The van der Waals surface area contributed by atoms with Crippen molar-refractivity contribution in [1.29, 1.82) is 0 Å². The number of hydrogen-bond donors (Lipinski definition) is 2. The minimum atomic E-state index is -0.886. The molecule has 0 saturated carbocycles. The van der Waals surface area contributed by atoms with Gasteiger partial charge in [0.05, 0.1) is 12.7 Å². The van der Waals surface area contributed by atoms with E-state index in [4.69, 9.17) is 28.8 Å². The maximum absolute atomic E-state index is 13.7. The van der Waals surface area contributed by atoms with Crippen LogP contribution in [0.4, 0.5) is 14.4 Å². The van der Waals surface area contributed by atoms with Gasteiger partial charge in [0, 0.05) is 58.1 Å². The van der Waals surface area contributed by atoms with Crippen molar-refractivity contribution >= 4 is 30.2 Å². The van der Waals surface area contributed by atoms with Crippen molar-refractivity contribution in [2.45, 2.75) is 154 Å². The summed E-state index contributed by atoms with van der Waals surface area (Å²) in [6.45, 7) is 3.39. The SMILES string of the molecule is CC[n+]1ccccc1CN(C(=O)OC[C@@H](COC(=O)N1CCC(OC(=O)NCCCCCCCCCCCCCCCCCCC(=O)O)CC1)OC)C(=O)c1ccccc1OC. The molecule has 1 atom stereocenters. The van der Waals surface area contributed by atoms with Gasteiger partial charge in [0.15, 0.2) is 6.20 Å². The van der Waals surface area contributed by atoms with Crippen LogP contribution in [-0.4, -0.2) is 104 Å². The van der Waals surface area contributed by atoms with Crippen LogP contribution in [0.25, 0.3) is 0 Å². The number of alkyl carbamates (subject to hydrolysis) is 1. The average Bonchev–Trinajstić information content (AvgIpc) is 3.28. The molecule has 2 heterocycles. The monoisotopic (exact) mass is 870 g/mol. The Bertz CT molecular complexity index is 1620. The van der Waals surface area contributed by atoms with Gasteiger partial charge in [0.2, 0.25) is 5.69 Å². The number of aromatic nitrogens is 1. The van der Waals surface area contributed by atoms with E-state index in [9.17, 15) is 24.0 Å². The Kier molecular flexibility index (Phi) is 25.7. The Balaban J connectivity index is 1.24. The number of aryl methyl sites for hydroxylation is 1. The summed E-state index contributed by atoms with van der Waals surface area (Å²) in [4.78, 5) is 65.6. The molecule has 15 heteroatoms. The lowest BCUT2D eigenvalue weighted by Gasteiger charge is -2.31. The first-order valence-corrected chi connectivity index (χ1v) is 22.9. The van der Waals surface area contributed by atoms with Crippen LogP contribution in [0.3, 0.4) is 0 Å². The van der Waals surface area contributed by atoms with Gasteiger partial charge in [0.1, 0.15) is 44.3 Å². The first-order valence-electron chi connectivity index (χ1n) is 22.9. The number of imide groups is 1. The van der Waals surface area contributed by atoms with Crippen LogP contribution < -0.4 is 14.6 Å². The maximum Gasteiger partial charge on any atom is 0.417 e. The Morgan fingerprint density at radius 2 is 1.34 bits per heavy atom. The number of likely N-dealkylation sites (tertiary alicyclic amines) is 1. The Labute approximate surface area is 368 Å². The van der Waals surface area contributed by atoms with Gasteiger partial charge in [0.25, 0.3) is 5.91 Å². The summed E-state index contributed by atoms with van der Waals surface area (Å²) in [6.07, 6.45) is 19.0. The summed E-state index contributed by atoms with van der Waals surface area (Å²) in [5.74, 6) is -0.962. The molecular formula is C47H73N4O11+. The third-order valence-electron chi connectivity index (χ3n) is 11.2. The summed E-state index contributed by atoms with van der Waals surface area (Å²) in [5, 5.41) is 11.5. The highest BCUT2D eigenvalue weighted by Gasteiger charge is 2.31. The van der Waals surface area contributed by atoms with Gasteiger partial charge in [-0.2, -0.15) is 0 Å². The van der Waals surface area contributed by atoms with Crippen molar-refractivity contribution in [2.24, 2.45) is 0 Å². The number of hydrogen-bond acceptors (Lipinski definition) is 10. The number of ether oxygens (including phenoxy) is 5. The molecule has 1 aliphatic heterocycles. The zero-order valence-corrected chi connectivity index (χ0v) is 37.5. The number of nitrogens with one attached hydrogen (secondary N) is 1. The van der Waals surface area contributed by atoms with E-state index in [1.807, 2.05) is 35.9 Å². The van der Waals surface area contributed by atoms with Crippen molar-refractivity contribution in [2.75, 3.05) is 47.1 Å². The minimum Gasteiger partial charge on any atom is -0.496 e. The number of nitrogens with zero attached hydrogens (tertiary/aromatic N) is 3. The minimum absolute atomic E-state index is 0.0511. The topological polar surface area (TPSA) is 174 Å². The van der Waals surface area contributed by atoms with Gasteiger partial charge < -0.3 is 39.0 Å². The van der Waals surface area contributed by atoms with Crippen molar-refractivity contribution in [3.05, 3.63) is 59.9 Å². The standard InChI is InChI=1S/C47H72N4O11/c1-4-49-32-24-22-25-38(49)35-51(44(54)41-26-20-21-27-42(41)59-3)47(57)61-37-40(58-2)36-60-46(56)50-33-29-39(30-34-50)62-45(55)48-31-23-18-16-14-12-10-8-6-5-7-9-11-13-15-17-19-28-43(52)53/h20-22,24-27,32,39-40H,4-19,23,28-31,33-37H2,1-3H3,(H-,48,52,53,55)/p+1/t40-/m1/s1. The highest BCUT2D eigenvalue weighted by atomic mass is 16.6. The largest absolute Gasteiger partial charge is 0.496 e. The fourth-order valence-corrected chi connectivity index (χ4v) is 7.41. The quantitative estimate of drug-likeness (QED) is 0.0436. The Morgan fingerprint density at radius 3 is 1.92 bits per heavy atom. The molecule has 0 bridgehead atoms. The molecule has 0 aliphatic carbocycles. The van der Waals surface area contributed by atoms with Gasteiger partial charge in [-0.05, 0) is 31.9 Å². The molecule has 4 amide bonds. The molecule has 62 heavy (non-hydrogen) atoms. The molecule has 2 aromatic rings. The summed E-state index contributed by atoms with van der Waals surface area (Å²) >= 11 is 0. The summed E-state index contributed by atoms with van der Waals surface area (Å²) < 4.78 is 29.4. The first-order chi connectivity index (χ1) is 30.2. The van der Waals surface area contributed by atoms with Gasteiger partial charge in [-0.3, -0.25) is 9.59 Å². The van der Waals surface area contributed by atoms with E-state index < -0.39 is 36.3 Å². The van der Waals surface area contributed by atoms with Crippen LogP contribution >= 0.6 is 0 Å². The number of methoxy groups -OCH3 is 2. The van der Waals surface area contributed by atoms with Crippen LogP contribution in [0.1, 0.15) is 145 Å². The number of para-hydroxylation sites is 1. The van der Waals surface area contributed by atoms with Crippen LogP contribution in [-0.2, 0) is 36.8 Å². The molecule has 1 aliphatic rings. The number of rotatable bonds is 30. The van der Waals surface area contributed by atoms with Gasteiger partial charge in [-0.15, -0.1) is 0 Å². The van der Waals surface area contributed by atoms with E-state index in [2.05, 4.69) is 5.32 Å². The Morgan fingerprint density at radius 1 is 0.774 bits per heavy atom. The number of carboxylic acid groups (broad SMARTS) is 1. The van der Waals surface area contributed by atoms with Crippen LogP contribution in [0.2, 0.25) is 0 Å². The third-order valence-corrected chi connectivity index (χ3v) is 11.2. The predicted octanol–water partition coefficient (Wildman–Crippen LogP) is 8.84. The molecule has 346 valence electrons. The molecule has 3 rings (SSSR count). The molecule has 0 unspecified atom stereocenters. The van der Waals surface area contributed by atoms with E-state index in [1.165, 1.54) is 78.4 Å². The summed E-state index contributed by atoms with van der Waals surface area (Å²) in [6, 6.07) is 12.2. The van der Waals surface area contributed by atoms with E-state index in [-0.39, 0.29) is 31.4 Å². The van der Waals surface area contributed by atoms with Gasteiger partial charge in [-0.1, -0.05) is 108 Å². The highest BCUT2D eigenvalue weighted by Crippen LogP contribution is 2.22. The second kappa shape index (κ2) is 31.0. The number of benzene rings is 1. The second-order valence-electron chi connectivity index (χ2n) is 15.9. The number of pyridine rings is 1. The fraction of sp³-hybridized carbons (Fsp3) is 0.660. The third kappa shape index (κ3) is 20.3. The smallest absolute Gasteiger partial charge is 0.417 e. The lowest BCUT2D eigenvalue weighted by Crippen LogP contribution is -2.45.